The summed E-state index contributed by atoms with van der Waals surface area (Å²) in [7, 11) is 0. The molecule has 31 heavy (non-hydrogen) atoms. The van der Waals surface area contributed by atoms with Gasteiger partial charge in [-0.15, -0.1) is 0 Å². The van der Waals surface area contributed by atoms with Crippen molar-refractivity contribution < 1.29 is 9.53 Å². The fraction of sp³-hybridized carbons (Fsp3) is 0.125. The highest BCUT2D eigenvalue weighted by molar-refractivity contribution is 5.94. The summed E-state index contributed by atoms with van der Waals surface area (Å²) >= 11 is 0. The van der Waals surface area contributed by atoms with Crippen LogP contribution in [0.4, 0.5) is 5.82 Å². The SMILES string of the molecule is C=CCOC(=O)C1=C(C)Nc2[nH]c(=O)[nH]c(=O)c2C1c1ccc(-c2ccccc2)cc1. The summed E-state index contributed by atoms with van der Waals surface area (Å²) in [6.45, 7) is 5.32. The zero-order chi connectivity index (χ0) is 22.0. The standard InChI is InChI=1S/C24H21N3O4/c1-3-13-31-23(29)18-14(2)25-21-20(22(28)27-24(30)26-21)19(18)17-11-9-16(10-12-17)15-7-5-4-6-8-15/h3-12,19H,1,13H2,2H3,(H3,25,26,27,28,30). The zero-order valence-corrected chi connectivity index (χ0v) is 16.9. The fourth-order valence-corrected chi connectivity index (χ4v) is 3.80. The molecule has 1 aromatic heterocycles. The average Bonchev–Trinajstić information content (AvgIpc) is 2.77. The Labute approximate surface area is 178 Å². The molecule has 3 aromatic rings. The molecule has 1 aliphatic heterocycles. The van der Waals surface area contributed by atoms with Crippen LogP contribution < -0.4 is 16.6 Å². The predicted octanol–water partition coefficient (Wildman–Crippen LogP) is 3.29. The van der Waals surface area contributed by atoms with Crippen molar-refractivity contribution in [2.75, 3.05) is 11.9 Å². The molecule has 4 rings (SSSR count). The number of nitrogens with one attached hydrogen (secondary N) is 3. The first kappa shape index (κ1) is 20.2. The number of rotatable bonds is 5. The van der Waals surface area contributed by atoms with Crippen LogP contribution in [0, 0.1) is 0 Å². The van der Waals surface area contributed by atoms with Gasteiger partial charge in [0.2, 0.25) is 0 Å². The van der Waals surface area contributed by atoms with Gasteiger partial charge in [0, 0.05) is 5.70 Å². The van der Waals surface area contributed by atoms with Gasteiger partial charge >= 0.3 is 11.7 Å². The molecule has 0 aliphatic carbocycles. The summed E-state index contributed by atoms with van der Waals surface area (Å²) in [6.07, 6.45) is 1.48. The van der Waals surface area contributed by atoms with Gasteiger partial charge in [0.15, 0.2) is 0 Å². The number of carbonyl (C=O) groups is 1. The molecule has 1 aliphatic rings. The number of fused-ring (bicyclic) bond motifs is 1. The Morgan fingerprint density at radius 2 is 1.71 bits per heavy atom. The van der Waals surface area contributed by atoms with Crippen LogP contribution in [0.15, 0.2) is 88.1 Å². The quantitative estimate of drug-likeness (QED) is 0.438. The monoisotopic (exact) mass is 415 g/mol. The van der Waals surface area contributed by atoms with Crippen molar-refractivity contribution in [2.45, 2.75) is 12.8 Å². The van der Waals surface area contributed by atoms with Crippen LogP contribution >= 0.6 is 0 Å². The molecule has 2 heterocycles. The maximum Gasteiger partial charge on any atom is 0.337 e. The molecule has 3 N–H and O–H groups in total. The average molecular weight is 415 g/mol. The number of hydrogen-bond acceptors (Lipinski definition) is 5. The van der Waals surface area contributed by atoms with Gasteiger partial charge < -0.3 is 10.1 Å². The van der Waals surface area contributed by atoms with Gasteiger partial charge in [-0.1, -0.05) is 67.3 Å². The van der Waals surface area contributed by atoms with Crippen LogP contribution in [-0.4, -0.2) is 22.5 Å². The van der Waals surface area contributed by atoms with E-state index in [0.29, 0.717) is 11.3 Å². The van der Waals surface area contributed by atoms with Crippen LogP contribution in [0.1, 0.15) is 24.0 Å². The van der Waals surface area contributed by atoms with E-state index in [2.05, 4.69) is 21.9 Å². The topological polar surface area (TPSA) is 104 Å². The van der Waals surface area contributed by atoms with Gasteiger partial charge in [-0.3, -0.25) is 14.8 Å². The van der Waals surface area contributed by atoms with Gasteiger partial charge in [-0.2, -0.15) is 0 Å². The molecule has 0 amide bonds. The Kier molecular flexibility index (Phi) is 5.41. The van der Waals surface area contributed by atoms with Crippen molar-refractivity contribution in [2.24, 2.45) is 0 Å². The molecule has 0 saturated carbocycles. The van der Waals surface area contributed by atoms with Gasteiger partial charge in [0.1, 0.15) is 12.4 Å². The molecule has 0 spiro atoms. The molecule has 0 fully saturated rings. The number of esters is 1. The summed E-state index contributed by atoms with van der Waals surface area (Å²) in [4.78, 5) is 42.3. The highest BCUT2D eigenvalue weighted by Gasteiger charge is 2.35. The first-order valence-electron chi connectivity index (χ1n) is 9.77. The highest BCUT2D eigenvalue weighted by Crippen LogP contribution is 2.39. The van der Waals surface area contributed by atoms with E-state index in [-0.39, 0.29) is 18.0 Å². The van der Waals surface area contributed by atoms with Crippen molar-refractivity contribution in [1.82, 2.24) is 9.97 Å². The Hall–Kier alpha value is -4.13. The lowest BCUT2D eigenvalue weighted by atomic mass is 9.82. The third-order valence-electron chi connectivity index (χ3n) is 5.18. The summed E-state index contributed by atoms with van der Waals surface area (Å²) in [5.41, 5.74) is 2.65. The number of aromatic nitrogens is 2. The number of carbonyl (C=O) groups excluding carboxylic acids is 1. The van der Waals surface area contributed by atoms with E-state index >= 15 is 0 Å². The first-order chi connectivity index (χ1) is 15.0. The van der Waals surface area contributed by atoms with Crippen LogP contribution in [0.2, 0.25) is 0 Å². The van der Waals surface area contributed by atoms with E-state index in [9.17, 15) is 14.4 Å². The molecule has 1 atom stereocenters. The minimum absolute atomic E-state index is 0.0457. The lowest BCUT2D eigenvalue weighted by Crippen LogP contribution is -2.35. The maximum atomic E-state index is 12.9. The summed E-state index contributed by atoms with van der Waals surface area (Å²) < 4.78 is 5.29. The molecular weight excluding hydrogens is 394 g/mol. The minimum atomic E-state index is -0.709. The van der Waals surface area contributed by atoms with Crippen molar-refractivity contribution in [3.05, 3.63) is 110 Å². The van der Waals surface area contributed by atoms with Crippen molar-refractivity contribution in [3.63, 3.8) is 0 Å². The van der Waals surface area contributed by atoms with E-state index in [1.165, 1.54) is 6.08 Å². The predicted molar refractivity (Wildman–Crippen MR) is 119 cm³/mol. The van der Waals surface area contributed by atoms with E-state index in [1.807, 2.05) is 54.6 Å². The molecular formula is C24H21N3O4. The maximum absolute atomic E-state index is 12.9. The second-order valence-electron chi connectivity index (χ2n) is 7.17. The Balaban J connectivity index is 1.85. The van der Waals surface area contributed by atoms with Crippen molar-refractivity contribution in [1.29, 1.82) is 0 Å². The lowest BCUT2D eigenvalue weighted by Gasteiger charge is -2.28. The third-order valence-corrected chi connectivity index (χ3v) is 5.18. The molecule has 0 radical (unpaired) electrons. The highest BCUT2D eigenvalue weighted by atomic mass is 16.5. The molecule has 1 unspecified atom stereocenters. The van der Waals surface area contributed by atoms with Crippen molar-refractivity contribution >= 4 is 11.8 Å². The molecule has 7 heteroatoms. The van der Waals surface area contributed by atoms with Crippen LogP contribution in [0.25, 0.3) is 11.1 Å². The fourth-order valence-electron chi connectivity index (χ4n) is 3.80. The summed E-state index contributed by atoms with van der Waals surface area (Å²) in [5.74, 6) is -0.999. The molecule has 2 aromatic carbocycles. The molecule has 0 bridgehead atoms. The van der Waals surface area contributed by atoms with E-state index in [1.54, 1.807) is 6.92 Å². The van der Waals surface area contributed by atoms with E-state index in [0.717, 1.165) is 16.7 Å². The number of ether oxygens (including phenoxy) is 1. The number of H-pyrrole nitrogens is 2. The van der Waals surface area contributed by atoms with Gasteiger partial charge in [0.05, 0.1) is 17.1 Å². The number of benzene rings is 2. The second kappa shape index (κ2) is 8.31. The summed E-state index contributed by atoms with van der Waals surface area (Å²) in [5, 5.41) is 2.96. The van der Waals surface area contributed by atoms with Crippen LogP contribution in [0.5, 0.6) is 0 Å². The van der Waals surface area contributed by atoms with Crippen LogP contribution in [-0.2, 0) is 9.53 Å². The largest absolute Gasteiger partial charge is 0.458 e. The molecule has 7 nitrogen and oxygen atoms in total. The van der Waals surface area contributed by atoms with Gasteiger partial charge in [0.25, 0.3) is 5.56 Å². The number of hydrogen-bond donors (Lipinski definition) is 3. The van der Waals surface area contributed by atoms with E-state index < -0.39 is 23.1 Å². The molecule has 0 saturated heterocycles. The number of allylic oxidation sites excluding steroid dienone is 1. The Morgan fingerprint density at radius 3 is 2.39 bits per heavy atom. The smallest absolute Gasteiger partial charge is 0.337 e. The lowest BCUT2D eigenvalue weighted by molar-refractivity contribution is -0.138. The Morgan fingerprint density at radius 1 is 1.03 bits per heavy atom. The van der Waals surface area contributed by atoms with Gasteiger partial charge in [-0.05, 0) is 23.6 Å². The summed E-state index contributed by atoms with van der Waals surface area (Å²) in [6, 6.07) is 17.5. The van der Waals surface area contributed by atoms with Crippen molar-refractivity contribution in [3.8, 4) is 11.1 Å². The van der Waals surface area contributed by atoms with Gasteiger partial charge in [-0.25, -0.2) is 9.59 Å². The number of aromatic amines is 2. The zero-order valence-electron chi connectivity index (χ0n) is 16.9. The van der Waals surface area contributed by atoms with E-state index in [4.69, 9.17) is 4.74 Å². The first-order valence-corrected chi connectivity index (χ1v) is 9.77. The van der Waals surface area contributed by atoms with Crippen LogP contribution in [0.3, 0.4) is 0 Å². The minimum Gasteiger partial charge on any atom is -0.458 e. The Bertz CT molecular complexity index is 1280. The second-order valence-corrected chi connectivity index (χ2v) is 7.17. The third kappa shape index (κ3) is 3.85. The molecule has 156 valence electrons. The normalized spacial score (nSPS) is 15.1. The number of anilines is 1.